The zero-order valence-corrected chi connectivity index (χ0v) is 12.5. The first-order valence-corrected chi connectivity index (χ1v) is 7.46. The van der Waals surface area contributed by atoms with Gasteiger partial charge < -0.3 is 10.4 Å². The van der Waals surface area contributed by atoms with Gasteiger partial charge in [-0.1, -0.05) is 29.3 Å². The average molecular weight is 308 g/mol. The van der Waals surface area contributed by atoms with Crippen LogP contribution in [0.5, 0.6) is 0 Å². The molecule has 18 heavy (non-hydrogen) atoms. The number of thioether (sulfide) groups is 1. The van der Waals surface area contributed by atoms with Crippen molar-refractivity contribution < 1.29 is 9.90 Å². The maximum absolute atomic E-state index is 11.9. The van der Waals surface area contributed by atoms with E-state index in [9.17, 15) is 9.90 Å². The van der Waals surface area contributed by atoms with Gasteiger partial charge in [-0.15, -0.1) is 0 Å². The van der Waals surface area contributed by atoms with Crippen LogP contribution in [0.2, 0.25) is 10.0 Å². The molecule has 0 heterocycles. The molecule has 0 aliphatic rings. The van der Waals surface area contributed by atoms with Gasteiger partial charge in [-0.3, -0.25) is 4.79 Å². The molecule has 2 N–H and O–H groups in total. The molecule has 0 aromatic heterocycles. The molecule has 0 aliphatic heterocycles. The number of carbonyl (C=O) groups excluding carboxylic acids is 1. The zero-order valence-electron chi connectivity index (χ0n) is 10.2. The zero-order chi connectivity index (χ0) is 13.8. The lowest BCUT2D eigenvalue weighted by molar-refractivity contribution is 0.0725. The van der Waals surface area contributed by atoms with E-state index in [4.69, 9.17) is 23.2 Å². The van der Waals surface area contributed by atoms with Crippen molar-refractivity contribution in [1.29, 1.82) is 0 Å². The smallest absolute Gasteiger partial charge is 0.254 e. The van der Waals surface area contributed by atoms with Crippen molar-refractivity contribution in [1.82, 2.24) is 5.32 Å². The third-order valence-corrected chi connectivity index (χ3v) is 3.82. The molecule has 1 rings (SSSR count). The average Bonchev–Trinajstić information content (AvgIpc) is 2.26. The first-order valence-electron chi connectivity index (χ1n) is 5.31. The van der Waals surface area contributed by atoms with Gasteiger partial charge in [-0.2, -0.15) is 11.8 Å². The first-order chi connectivity index (χ1) is 8.37. The Morgan fingerprint density at radius 1 is 1.44 bits per heavy atom. The first kappa shape index (κ1) is 15.6. The van der Waals surface area contributed by atoms with Gasteiger partial charge in [0, 0.05) is 12.3 Å². The third kappa shape index (κ3) is 4.35. The van der Waals surface area contributed by atoms with Crippen molar-refractivity contribution in [3.8, 4) is 0 Å². The van der Waals surface area contributed by atoms with Gasteiger partial charge in [-0.25, -0.2) is 0 Å². The molecule has 0 fully saturated rings. The van der Waals surface area contributed by atoms with Crippen molar-refractivity contribution >= 4 is 40.9 Å². The summed E-state index contributed by atoms with van der Waals surface area (Å²) in [5.74, 6) is 0.149. The summed E-state index contributed by atoms with van der Waals surface area (Å²) in [5.41, 5.74) is -0.719. The molecule has 0 aliphatic carbocycles. The summed E-state index contributed by atoms with van der Waals surface area (Å²) < 4.78 is 0. The van der Waals surface area contributed by atoms with E-state index in [-0.39, 0.29) is 18.0 Å². The fraction of sp³-hybridized carbons (Fsp3) is 0.417. The quantitative estimate of drug-likeness (QED) is 0.879. The number of amides is 1. The van der Waals surface area contributed by atoms with E-state index >= 15 is 0 Å². The number of hydrogen-bond acceptors (Lipinski definition) is 3. The number of benzene rings is 1. The Bertz CT molecular complexity index is 418. The highest BCUT2D eigenvalue weighted by molar-refractivity contribution is 7.98. The minimum Gasteiger partial charge on any atom is -0.387 e. The molecular weight excluding hydrogens is 293 g/mol. The molecule has 1 unspecified atom stereocenters. The van der Waals surface area contributed by atoms with Gasteiger partial charge in [0.15, 0.2) is 0 Å². The lowest BCUT2D eigenvalue weighted by Crippen LogP contribution is -2.42. The highest BCUT2D eigenvalue weighted by Gasteiger charge is 2.22. The largest absolute Gasteiger partial charge is 0.387 e. The summed E-state index contributed by atoms with van der Waals surface area (Å²) in [7, 11) is 0. The van der Waals surface area contributed by atoms with Crippen LogP contribution < -0.4 is 5.32 Å². The molecule has 0 bridgehead atoms. The molecule has 0 spiro atoms. The molecule has 1 atom stereocenters. The fourth-order valence-corrected chi connectivity index (χ4v) is 2.73. The Hall–Kier alpha value is -0.420. The maximum atomic E-state index is 11.9. The van der Waals surface area contributed by atoms with Crippen LogP contribution in [0, 0.1) is 0 Å². The van der Waals surface area contributed by atoms with Gasteiger partial charge in [0.1, 0.15) is 0 Å². The topological polar surface area (TPSA) is 49.3 Å². The van der Waals surface area contributed by atoms with E-state index in [0.717, 1.165) is 0 Å². The normalized spacial score (nSPS) is 14.1. The van der Waals surface area contributed by atoms with Crippen LogP contribution in [0.25, 0.3) is 0 Å². The van der Waals surface area contributed by atoms with E-state index in [1.165, 1.54) is 11.8 Å². The molecule has 0 radical (unpaired) electrons. The second-order valence-electron chi connectivity index (χ2n) is 4.21. The molecule has 0 saturated carbocycles. The fourth-order valence-electron chi connectivity index (χ4n) is 1.44. The van der Waals surface area contributed by atoms with Gasteiger partial charge in [-0.05, 0) is 25.3 Å². The van der Waals surface area contributed by atoms with E-state index in [2.05, 4.69) is 5.32 Å². The summed E-state index contributed by atoms with van der Waals surface area (Å²) in [5, 5.41) is 13.2. The molecule has 0 saturated heterocycles. The molecule has 1 aromatic carbocycles. The van der Waals surface area contributed by atoms with Crippen LogP contribution in [-0.4, -0.2) is 35.2 Å². The lowest BCUT2D eigenvalue weighted by atomic mass is 10.1. The lowest BCUT2D eigenvalue weighted by Gasteiger charge is -2.22. The monoisotopic (exact) mass is 307 g/mol. The molecule has 1 aromatic rings. The number of carbonyl (C=O) groups is 1. The van der Waals surface area contributed by atoms with E-state index in [1.807, 2.05) is 6.26 Å². The number of hydrogen-bond donors (Lipinski definition) is 2. The standard InChI is InChI=1S/C12H15Cl2NO2S/c1-12(17,7-18-2)6-15-11(16)10-8(13)4-3-5-9(10)14/h3-5,17H,6-7H2,1-2H3,(H,15,16). The predicted octanol–water partition coefficient (Wildman–Crippen LogP) is 2.84. The second kappa shape index (κ2) is 6.66. The minimum atomic E-state index is -0.956. The summed E-state index contributed by atoms with van der Waals surface area (Å²) in [4.78, 5) is 11.9. The SMILES string of the molecule is CSCC(C)(O)CNC(=O)c1c(Cl)cccc1Cl. The Labute approximate surface area is 121 Å². The molecule has 3 nitrogen and oxygen atoms in total. The summed E-state index contributed by atoms with van der Waals surface area (Å²) in [6, 6.07) is 4.87. The van der Waals surface area contributed by atoms with Gasteiger partial charge in [0.2, 0.25) is 0 Å². The summed E-state index contributed by atoms with van der Waals surface area (Å²) >= 11 is 13.4. The van der Waals surface area contributed by atoms with Gasteiger partial charge >= 0.3 is 0 Å². The Morgan fingerprint density at radius 3 is 2.50 bits per heavy atom. The van der Waals surface area contributed by atoms with E-state index in [1.54, 1.807) is 25.1 Å². The highest BCUT2D eigenvalue weighted by Crippen LogP contribution is 2.24. The highest BCUT2D eigenvalue weighted by atomic mass is 35.5. The molecule has 1 amide bonds. The van der Waals surface area contributed by atoms with Crippen molar-refractivity contribution in [2.75, 3.05) is 18.6 Å². The van der Waals surface area contributed by atoms with Crippen molar-refractivity contribution in [2.24, 2.45) is 0 Å². The Morgan fingerprint density at radius 2 is 2.00 bits per heavy atom. The number of halogens is 2. The summed E-state index contributed by atoms with van der Waals surface area (Å²) in [6.07, 6.45) is 1.89. The van der Waals surface area contributed by atoms with Crippen molar-refractivity contribution in [3.05, 3.63) is 33.8 Å². The summed E-state index contributed by atoms with van der Waals surface area (Å²) in [6.45, 7) is 1.81. The number of aliphatic hydroxyl groups is 1. The van der Waals surface area contributed by atoms with E-state index in [0.29, 0.717) is 15.8 Å². The maximum Gasteiger partial charge on any atom is 0.254 e. The van der Waals surface area contributed by atoms with Crippen LogP contribution >= 0.6 is 35.0 Å². The minimum absolute atomic E-state index is 0.147. The van der Waals surface area contributed by atoms with Crippen LogP contribution in [0.3, 0.4) is 0 Å². The van der Waals surface area contributed by atoms with Crippen LogP contribution in [0.15, 0.2) is 18.2 Å². The van der Waals surface area contributed by atoms with Gasteiger partial charge in [0.05, 0.1) is 21.2 Å². The van der Waals surface area contributed by atoms with Crippen molar-refractivity contribution in [2.45, 2.75) is 12.5 Å². The van der Waals surface area contributed by atoms with Crippen LogP contribution in [0.1, 0.15) is 17.3 Å². The molecule has 100 valence electrons. The molecule has 6 heteroatoms. The molecular formula is C12H15Cl2NO2S. The number of rotatable bonds is 5. The van der Waals surface area contributed by atoms with E-state index < -0.39 is 5.60 Å². The van der Waals surface area contributed by atoms with Gasteiger partial charge in [0.25, 0.3) is 5.91 Å². The van der Waals surface area contributed by atoms with Crippen LogP contribution in [0.4, 0.5) is 0 Å². The second-order valence-corrected chi connectivity index (χ2v) is 5.89. The third-order valence-electron chi connectivity index (χ3n) is 2.27. The Kier molecular flexibility index (Phi) is 5.79. The number of nitrogens with one attached hydrogen (secondary N) is 1. The van der Waals surface area contributed by atoms with Crippen LogP contribution in [-0.2, 0) is 0 Å². The predicted molar refractivity (Wildman–Crippen MR) is 77.8 cm³/mol. The Balaban J connectivity index is 2.72. The van der Waals surface area contributed by atoms with Crippen molar-refractivity contribution in [3.63, 3.8) is 0 Å².